The molecule has 104 valence electrons. The summed E-state index contributed by atoms with van der Waals surface area (Å²) in [5.41, 5.74) is 0.752. The molecule has 2 aliphatic rings. The van der Waals surface area contributed by atoms with Crippen molar-refractivity contribution in [1.29, 1.82) is 0 Å². The second-order valence-corrected chi connectivity index (χ2v) is 5.93. The number of rotatable bonds is 3. The number of hydrogen-bond acceptors (Lipinski definition) is 4. The molecule has 20 heavy (non-hydrogen) atoms. The molecule has 0 spiro atoms. The van der Waals surface area contributed by atoms with Crippen LogP contribution in [0.25, 0.3) is 11.0 Å². The van der Waals surface area contributed by atoms with Gasteiger partial charge in [0.25, 0.3) is 0 Å². The molecule has 1 aromatic heterocycles. The van der Waals surface area contributed by atoms with Crippen molar-refractivity contribution in [2.45, 2.75) is 24.9 Å². The van der Waals surface area contributed by atoms with Crippen LogP contribution in [0.2, 0.25) is 0 Å². The van der Waals surface area contributed by atoms with Gasteiger partial charge in [0.2, 0.25) is 5.91 Å². The molecule has 0 unspecified atom stereocenters. The Morgan fingerprint density at radius 3 is 2.90 bits per heavy atom. The Morgan fingerprint density at radius 1 is 1.40 bits per heavy atom. The number of β-amino-alcohol motifs (C(OH)–C–C–N with tert-alkyl or cyclic N) is 1. The molecule has 0 atom stereocenters. The average molecular weight is 272 g/mol. The van der Waals surface area contributed by atoms with Crippen LogP contribution in [-0.4, -0.2) is 39.8 Å². The van der Waals surface area contributed by atoms with Gasteiger partial charge in [0.1, 0.15) is 11.3 Å². The van der Waals surface area contributed by atoms with E-state index < -0.39 is 5.60 Å². The number of aliphatic hydroxyl groups is 1. The third kappa shape index (κ3) is 1.81. The van der Waals surface area contributed by atoms with Crippen LogP contribution >= 0.6 is 0 Å². The highest BCUT2D eigenvalue weighted by Gasteiger charge is 2.53. The van der Waals surface area contributed by atoms with Crippen LogP contribution in [0.3, 0.4) is 0 Å². The van der Waals surface area contributed by atoms with E-state index in [0.717, 1.165) is 18.2 Å². The van der Waals surface area contributed by atoms with E-state index in [4.69, 9.17) is 4.52 Å². The van der Waals surface area contributed by atoms with Crippen LogP contribution in [-0.2, 0) is 11.2 Å². The van der Waals surface area contributed by atoms with Crippen molar-refractivity contribution < 1.29 is 14.4 Å². The Kier molecular flexibility index (Phi) is 2.41. The van der Waals surface area contributed by atoms with Gasteiger partial charge in [-0.1, -0.05) is 17.3 Å². The van der Waals surface area contributed by atoms with Gasteiger partial charge in [0.15, 0.2) is 5.58 Å². The summed E-state index contributed by atoms with van der Waals surface area (Å²) in [4.78, 5) is 13.9. The van der Waals surface area contributed by atoms with Crippen molar-refractivity contribution in [3.05, 3.63) is 30.0 Å². The zero-order valence-electron chi connectivity index (χ0n) is 11.1. The van der Waals surface area contributed by atoms with Crippen molar-refractivity contribution in [2.75, 3.05) is 13.1 Å². The number of carbonyl (C=O) groups excluding carboxylic acids is 1. The summed E-state index contributed by atoms with van der Waals surface area (Å²) in [7, 11) is 0. The monoisotopic (exact) mass is 272 g/mol. The summed E-state index contributed by atoms with van der Waals surface area (Å²) >= 11 is 0. The third-order valence-electron chi connectivity index (χ3n) is 4.39. The number of aromatic nitrogens is 1. The van der Waals surface area contributed by atoms with Gasteiger partial charge in [-0.25, -0.2) is 0 Å². The van der Waals surface area contributed by atoms with E-state index >= 15 is 0 Å². The van der Waals surface area contributed by atoms with Gasteiger partial charge in [-0.3, -0.25) is 4.79 Å². The molecule has 1 saturated carbocycles. The predicted octanol–water partition coefficient (Wildman–Crippen LogP) is 1.35. The maximum atomic E-state index is 12.2. The largest absolute Gasteiger partial charge is 0.386 e. The normalized spacial score (nSPS) is 20.9. The average Bonchev–Trinajstić information content (AvgIpc) is 3.19. The molecule has 2 heterocycles. The first kappa shape index (κ1) is 11.9. The number of benzene rings is 1. The molecular weight excluding hydrogens is 256 g/mol. The van der Waals surface area contributed by atoms with E-state index in [0.29, 0.717) is 30.3 Å². The van der Waals surface area contributed by atoms with Crippen molar-refractivity contribution >= 4 is 16.9 Å². The molecule has 1 aliphatic heterocycles. The first-order valence-corrected chi connectivity index (χ1v) is 6.99. The van der Waals surface area contributed by atoms with Crippen molar-refractivity contribution in [2.24, 2.45) is 5.92 Å². The summed E-state index contributed by atoms with van der Waals surface area (Å²) in [5, 5.41) is 15.1. The summed E-state index contributed by atoms with van der Waals surface area (Å²) in [6, 6.07) is 7.53. The summed E-state index contributed by atoms with van der Waals surface area (Å²) < 4.78 is 5.20. The maximum Gasteiger partial charge on any atom is 0.228 e. The lowest BCUT2D eigenvalue weighted by Crippen LogP contribution is -2.65. The summed E-state index contributed by atoms with van der Waals surface area (Å²) in [6.45, 7) is 0.929. The van der Waals surface area contributed by atoms with Crippen LogP contribution < -0.4 is 0 Å². The minimum absolute atomic E-state index is 0.00868. The quantitative estimate of drug-likeness (QED) is 0.916. The number of para-hydroxylation sites is 1. The molecular formula is C15H16N2O3. The van der Waals surface area contributed by atoms with E-state index in [-0.39, 0.29) is 12.3 Å². The molecule has 2 fully saturated rings. The number of likely N-dealkylation sites (tertiary alicyclic amines) is 1. The smallest absolute Gasteiger partial charge is 0.228 e. The lowest BCUT2D eigenvalue weighted by atomic mass is 9.88. The molecule has 4 rings (SSSR count). The maximum absolute atomic E-state index is 12.2. The number of fused-ring (bicyclic) bond motifs is 1. The second-order valence-electron chi connectivity index (χ2n) is 5.93. The predicted molar refractivity (Wildman–Crippen MR) is 72.0 cm³/mol. The minimum Gasteiger partial charge on any atom is -0.386 e. The van der Waals surface area contributed by atoms with Crippen molar-refractivity contribution in [3.8, 4) is 0 Å². The highest BCUT2D eigenvalue weighted by atomic mass is 16.5. The van der Waals surface area contributed by atoms with Gasteiger partial charge in [-0.2, -0.15) is 0 Å². The number of carbonyl (C=O) groups is 1. The SMILES string of the molecule is O=C(Cc1noc2ccccc12)N1CC(O)(C2CC2)C1. The number of amides is 1. The van der Waals surface area contributed by atoms with Crippen LogP contribution in [0.15, 0.2) is 28.8 Å². The molecule has 2 aromatic rings. The standard InChI is InChI=1S/C15H16N2O3/c18-14(17-8-15(19,9-17)10-5-6-10)7-12-11-3-1-2-4-13(11)20-16-12/h1-4,10,19H,5-9H2. The Labute approximate surface area is 116 Å². The molecule has 5 heteroatoms. The van der Waals surface area contributed by atoms with Gasteiger partial charge in [0, 0.05) is 5.39 Å². The lowest BCUT2D eigenvalue weighted by molar-refractivity contribution is -0.158. The van der Waals surface area contributed by atoms with Crippen LogP contribution in [0.1, 0.15) is 18.5 Å². The van der Waals surface area contributed by atoms with E-state index in [1.54, 1.807) is 4.90 Å². The zero-order chi connectivity index (χ0) is 13.7. The van der Waals surface area contributed by atoms with Gasteiger partial charge < -0.3 is 14.5 Å². The number of nitrogens with zero attached hydrogens (tertiary/aromatic N) is 2. The highest BCUT2D eigenvalue weighted by molar-refractivity contribution is 5.86. The Balaban J connectivity index is 1.46. The first-order valence-electron chi connectivity index (χ1n) is 6.99. The van der Waals surface area contributed by atoms with Crippen molar-refractivity contribution in [1.82, 2.24) is 10.1 Å². The van der Waals surface area contributed by atoms with E-state index in [2.05, 4.69) is 5.16 Å². The van der Waals surface area contributed by atoms with Crippen LogP contribution in [0.5, 0.6) is 0 Å². The third-order valence-corrected chi connectivity index (χ3v) is 4.39. The Morgan fingerprint density at radius 2 is 2.15 bits per heavy atom. The number of hydrogen-bond donors (Lipinski definition) is 1. The van der Waals surface area contributed by atoms with Crippen LogP contribution in [0, 0.1) is 5.92 Å². The van der Waals surface area contributed by atoms with Gasteiger partial charge in [0.05, 0.1) is 19.5 Å². The van der Waals surface area contributed by atoms with Crippen LogP contribution in [0.4, 0.5) is 0 Å². The van der Waals surface area contributed by atoms with E-state index in [1.807, 2.05) is 24.3 Å². The van der Waals surface area contributed by atoms with Crippen molar-refractivity contribution in [3.63, 3.8) is 0 Å². The summed E-state index contributed by atoms with van der Waals surface area (Å²) in [6.07, 6.45) is 2.41. The van der Waals surface area contributed by atoms with Gasteiger partial charge >= 0.3 is 0 Å². The topological polar surface area (TPSA) is 66.6 Å². The molecule has 0 radical (unpaired) electrons. The molecule has 1 amide bonds. The Bertz CT molecular complexity index is 669. The van der Waals surface area contributed by atoms with Gasteiger partial charge in [-0.05, 0) is 30.9 Å². The van der Waals surface area contributed by atoms with Gasteiger partial charge in [-0.15, -0.1) is 0 Å². The molecule has 1 saturated heterocycles. The fourth-order valence-corrected chi connectivity index (χ4v) is 2.99. The lowest BCUT2D eigenvalue weighted by Gasteiger charge is -2.47. The molecule has 1 aromatic carbocycles. The zero-order valence-corrected chi connectivity index (χ0v) is 11.1. The Hall–Kier alpha value is -1.88. The molecule has 1 aliphatic carbocycles. The fraction of sp³-hybridized carbons (Fsp3) is 0.467. The molecule has 5 nitrogen and oxygen atoms in total. The van der Waals surface area contributed by atoms with E-state index in [9.17, 15) is 9.90 Å². The molecule has 1 N–H and O–H groups in total. The minimum atomic E-state index is -0.623. The highest BCUT2D eigenvalue weighted by Crippen LogP contribution is 2.44. The first-order chi connectivity index (χ1) is 9.66. The summed E-state index contributed by atoms with van der Waals surface area (Å²) in [5.74, 6) is 0.411. The van der Waals surface area contributed by atoms with E-state index in [1.165, 1.54) is 0 Å². The molecule has 0 bridgehead atoms. The second kappa shape index (κ2) is 4.06. The fourth-order valence-electron chi connectivity index (χ4n) is 2.99.